The molecule has 0 spiro atoms. The molecule has 0 heterocycles. The molecule has 1 N–H and O–H groups in total. The third-order valence-corrected chi connectivity index (χ3v) is 2.73. The van der Waals surface area contributed by atoms with E-state index in [4.69, 9.17) is 21.7 Å². The van der Waals surface area contributed by atoms with Gasteiger partial charge in [0.15, 0.2) is 11.5 Å². The highest BCUT2D eigenvalue weighted by Crippen LogP contribution is 2.37. The number of phenolic OH excluding ortho intramolecular Hbond substituents is 1. The Bertz CT molecular complexity index is 379. The summed E-state index contributed by atoms with van der Waals surface area (Å²) in [7, 11) is 6.68. The molecular formula is C11H15NO3S. The normalized spacial score (nSPS) is 9.75. The van der Waals surface area contributed by atoms with E-state index in [1.165, 1.54) is 14.2 Å². The van der Waals surface area contributed by atoms with Gasteiger partial charge in [-0.1, -0.05) is 12.2 Å². The summed E-state index contributed by atoms with van der Waals surface area (Å²) >= 11 is 5.24. The summed E-state index contributed by atoms with van der Waals surface area (Å²) in [6, 6.07) is 3.36. The zero-order valence-electron chi connectivity index (χ0n) is 9.77. The van der Waals surface area contributed by atoms with E-state index in [1.807, 2.05) is 14.1 Å². The second-order valence-corrected chi connectivity index (χ2v) is 3.82. The number of rotatable bonds is 3. The molecule has 0 bridgehead atoms. The van der Waals surface area contributed by atoms with E-state index in [1.54, 1.807) is 17.0 Å². The molecule has 0 unspecified atom stereocenters. The molecule has 0 saturated heterocycles. The minimum Gasteiger partial charge on any atom is -0.502 e. The van der Waals surface area contributed by atoms with E-state index in [0.717, 1.165) is 5.56 Å². The number of methoxy groups -OCH3 is 2. The van der Waals surface area contributed by atoms with Gasteiger partial charge in [0.05, 0.1) is 14.2 Å². The van der Waals surface area contributed by atoms with Gasteiger partial charge in [-0.3, -0.25) is 0 Å². The highest BCUT2D eigenvalue weighted by Gasteiger charge is 2.14. The van der Waals surface area contributed by atoms with Gasteiger partial charge in [-0.2, -0.15) is 0 Å². The molecule has 0 aliphatic rings. The quantitative estimate of drug-likeness (QED) is 0.815. The maximum Gasteiger partial charge on any atom is 0.200 e. The topological polar surface area (TPSA) is 41.9 Å². The number of phenols is 1. The third kappa shape index (κ3) is 2.36. The highest BCUT2D eigenvalue weighted by atomic mass is 32.1. The molecule has 1 aromatic rings. The lowest BCUT2D eigenvalue weighted by Gasteiger charge is -2.16. The molecule has 4 nitrogen and oxygen atoms in total. The molecule has 0 aliphatic carbocycles. The number of benzene rings is 1. The van der Waals surface area contributed by atoms with Crippen LogP contribution in [0.3, 0.4) is 0 Å². The predicted octanol–water partition coefficient (Wildman–Crippen LogP) is 1.65. The number of nitrogens with zero attached hydrogens (tertiary/aromatic N) is 1. The van der Waals surface area contributed by atoms with Gasteiger partial charge in [-0.25, -0.2) is 0 Å². The predicted molar refractivity (Wildman–Crippen MR) is 66.6 cm³/mol. The van der Waals surface area contributed by atoms with Crippen LogP contribution in [0.1, 0.15) is 5.56 Å². The van der Waals surface area contributed by atoms with E-state index in [-0.39, 0.29) is 5.75 Å². The van der Waals surface area contributed by atoms with Crippen molar-refractivity contribution in [1.29, 1.82) is 0 Å². The van der Waals surface area contributed by atoms with Gasteiger partial charge in [0.25, 0.3) is 0 Å². The average molecular weight is 241 g/mol. The SMILES string of the molecule is COc1cc(C(=S)N(C)C)cc(OC)c1O. The minimum atomic E-state index is -0.0182. The zero-order valence-corrected chi connectivity index (χ0v) is 10.6. The Hall–Kier alpha value is -1.49. The molecule has 0 fully saturated rings. The molecule has 16 heavy (non-hydrogen) atoms. The van der Waals surface area contributed by atoms with Crippen molar-refractivity contribution in [3.05, 3.63) is 17.7 Å². The van der Waals surface area contributed by atoms with Crippen LogP contribution in [0.4, 0.5) is 0 Å². The van der Waals surface area contributed by atoms with Crippen LogP contribution in [0.2, 0.25) is 0 Å². The van der Waals surface area contributed by atoms with Crippen LogP contribution < -0.4 is 9.47 Å². The fraction of sp³-hybridized carbons (Fsp3) is 0.364. The van der Waals surface area contributed by atoms with Gasteiger partial charge in [-0.05, 0) is 12.1 Å². The third-order valence-electron chi connectivity index (χ3n) is 2.13. The van der Waals surface area contributed by atoms with E-state index in [9.17, 15) is 5.11 Å². The Labute approximate surface area is 100 Å². The Morgan fingerprint density at radius 1 is 1.19 bits per heavy atom. The van der Waals surface area contributed by atoms with Gasteiger partial charge in [0.1, 0.15) is 4.99 Å². The summed E-state index contributed by atoms with van der Waals surface area (Å²) in [6.07, 6.45) is 0. The van der Waals surface area contributed by atoms with Crippen molar-refractivity contribution in [2.24, 2.45) is 0 Å². The van der Waals surface area contributed by atoms with E-state index >= 15 is 0 Å². The lowest BCUT2D eigenvalue weighted by atomic mass is 10.1. The molecule has 0 saturated carbocycles. The zero-order chi connectivity index (χ0) is 12.3. The second kappa shape index (κ2) is 5.03. The summed E-state index contributed by atoms with van der Waals surface area (Å²) in [4.78, 5) is 2.46. The van der Waals surface area contributed by atoms with Crippen LogP contribution in [-0.2, 0) is 0 Å². The molecule has 0 amide bonds. The standard InChI is InChI=1S/C11H15NO3S/c1-12(2)11(16)7-5-8(14-3)10(13)9(6-7)15-4/h5-6,13H,1-4H3. The Balaban J connectivity index is 3.27. The number of hydrogen-bond acceptors (Lipinski definition) is 4. The molecule has 1 rings (SSSR count). The smallest absolute Gasteiger partial charge is 0.200 e. The second-order valence-electron chi connectivity index (χ2n) is 3.43. The molecule has 0 radical (unpaired) electrons. The van der Waals surface area contributed by atoms with Crippen molar-refractivity contribution in [2.75, 3.05) is 28.3 Å². The summed E-state index contributed by atoms with van der Waals surface area (Å²) in [6.45, 7) is 0. The maximum absolute atomic E-state index is 9.73. The first-order valence-corrected chi connectivity index (χ1v) is 5.08. The van der Waals surface area contributed by atoms with Gasteiger partial charge < -0.3 is 19.5 Å². The van der Waals surface area contributed by atoms with E-state index < -0.39 is 0 Å². The lowest BCUT2D eigenvalue weighted by Crippen LogP contribution is -2.20. The van der Waals surface area contributed by atoms with Crippen LogP contribution in [0.15, 0.2) is 12.1 Å². The first-order valence-electron chi connectivity index (χ1n) is 4.68. The van der Waals surface area contributed by atoms with E-state index in [2.05, 4.69) is 0 Å². The lowest BCUT2D eigenvalue weighted by molar-refractivity contribution is 0.339. The van der Waals surface area contributed by atoms with E-state index in [0.29, 0.717) is 16.5 Å². The van der Waals surface area contributed by atoms with Crippen molar-refractivity contribution in [3.8, 4) is 17.2 Å². The number of aromatic hydroxyl groups is 1. The molecule has 0 atom stereocenters. The molecule has 0 aromatic heterocycles. The van der Waals surface area contributed by atoms with Gasteiger partial charge in [0, 0.05) is 19.7 Å². The Morgan fingerprint density at radius 3 is 1.94 bits per heavy atom. The maximum atomic E-state index is 9.73. The minimum absolute atomic E-state index is 0.0182. The summed E-state index contributed by atoms with van der Waals surface area (Å²) in [5, 5.41) is 9.73. The van der Waals surface area contributed by atoms with Gasteiger partial charge in [0.2, 0.25) is 5.75 Å². The molecule has 88 valence electrons. The molecule has 5 heteroatoms. The highest BCUT2D eigenvalue weighted by molar-refractivity contribution is 7.80. The van der Waals surface area contributed by atoms with Crippen molar-refractivity contribution in [2.45, 2.75) is 0 Å². The molecule has 1 aromatic carbocycles. The molecule has 0 aliphatic heterocycles. The van der Waals surface area contributed by atoms with Crippen LogP contribution >= 0.6 is 12.2 Å². The van der Waals surface area contributed by atoms with Crippen LogP contribution in [-0.4, -0.2) is 43.3 Å². The summed E-state index contributed by atoms with van der Waals surface area (Å²) < 4.78 is 10.1. The van der Waals surface area contributed by atoms with Crippen LogP contribution in [0.5, 0.6) is 17.2 Å². The largest absolute Gasteiger partial charge is 0.502 e. The number of hydrogen-bond donors (Lipinski definition) is 1. The first-order chi connectivity index (χ1) is 7.51. The van der Waals surface area contributed by atoms with Crippen molar-refractivity contribution >= 4 is 17.2 Å². The van der Waals surface area contributed by atoms with Crippen LogP contribution in [0.25, 0.3) is 0 Å². The number of thiocarbonyl (C=S) groups is 1. The van der Waals surface area contributed by atoms with Crippen molar-refractivity contribution in [1.82, 2.24) is 4.90 Å². The van der Waals surface area contributed by atoms with Crippen LogP contribution in [0, 0.1) is 0 Å². The summed E-state index contributed by atoms with van der Waals surface area (Å²) in [5.74, 6) is 0.674. The monoisotopic (exact) mass is 241 g/mol. The summed E-state index contributed by atoms with van der Waals surface area (Å²) in [5.41, 5.74) is 0.770. The molecular weight excluding hydrogens is 226 g/mol. The Morgan fingerprint density at radius 2 is 1.62 bits per heavy atom. The fourth-order valence-corrected chi connectivity index (χ4v) is 1.39. The first kappa shape index (κ1) is 12.6. The van der Waals surface area contributed by atoms with Gasteiger partial charge in [-0.15, -0.1) is 0 Å². The van der Waals surface area contributed by atoms with Crippen molar-refractivity contribution in [3.63, 3.8) is 0 Å². The van der Waals surface area contributed by atoms with Gasteiger partial charge >= 0.3 is 0 Å². The number of ether oxygens (including phenoxy) is 2. The fourth-order valence-electron chi connectivity index (χ4n) is 1.28. The average Bonchev–Trinajstić information content (AvgIpc) is 2.28. The van der Waals surface area contributed by atoms with Crippen molar-refractivity contribution < 1.29 is 14.6 Å². The Kier molecular flexibility index (Phi) is 3.95.